The molecule has 31 heavy (non-hydrogen) atoms. The summed E-state index contributed by atoms with van der Waals surface area (Å²) in [6, 6.07) is 18.4. The number of para-hydroxylation sites is 2. The number of benzene rings is 2. The predicted octanol–water partition coefficient (Wildman–Crippen LogP) is 4.46. The van der Waals surface area contributed by atoms with Crippen LogP contribution in [0, 0.1) is 5.82 Å². The van der Waals surface area contributed by atoms with Gasteiger partial charge in [0.15, 0.2) is 0 Å². The van der Waals surface area contributed by atoms with Gasteiger partial charge in [0, 0.05) is 42.5 Å². The number of carbonyl (C=O) groups excluding carboxylic acids is 1. The fourth-order valence-corrected chi connectivity index (χ4v) is 4.86. The molecule has 5 nitrogen and oxygen atoms in total. The van der Waals surface area contributed by atoms with Crippen LogP contribution in [-0.4, -0.2) is 51.9 Å². The number of piperazine rings is 1. The van der Waals surface area contributed by atoms with Crippen molar-refractivity contribution in [2.75, 3.05) is 26.2 Å². The van der Waals surface area contributed by atoms with E-state index < -0.39 is 0 Å². The van der Waals surface area contributed by atoms with Gasteiger partial charge >= 0.3 is 0 Å². The van der Waals surface area contributed by atoms with Crippen molar-refractivity contribution < 1.29 is 9.18 Å². The topological polar surface area (TPSA) is 49.3 Å². The second kappa shape index (κ2) is 8.53. The van der Waals surface area contributed by atoms with Gasteiger partial charge in [-0.2, -0.15) is 0 Å². The molecule has 1 aliphatic heterocycles. The van der Waals surface area contributed by atoms with Crippen LogP contribution in [0.1, 0.15) is 15.4 Å². The number of thiophene rings is 1. The van der Waals surface area contributed by atoms with Crippen LogP contribution >= 0.6 is 11.3 Å². The molecule has 3 heterocycles. The number of fused-ring (bicyclic) bond motifs is 1. The summed E-state index contributed by atoms with van der Waals surface area (Å²) in [7, 11) is 0. The first-order valence-corrected chi connectivity index (χ1v) is 11.1. The molecular weight excluding hydrogens is 411 g/mol. The van der Waals surface area contributed by atoms with Crippen molar-refractivity contribution in [1.29, 1.82) is 0 Å². The molecule has 1 amide bonds. The number of hydrogen-bond donors (Lipinski definition) is 0. The summed E-state index contributed by atoms with van der Waals surface area (Å²) >= 11 is 1.69. The summed E-state index contributed by atoms with van der Waals surface area (Å²) < 4.78 is 13.5. The minimum absolute atomic E-state index is 0.0672. The molecule has 0 saturated carbocycles. The molecule has 1 saturated heterocycles. The number of hydrogen-bond acceptors (Lipinski definition) is 5. The summed E-state index contributed by atoms with van der Waals surface area (Å²) in [5.41, 5.74) is 2.82. The van der Waals surface area contributed by atoms with Gasteiger partial charge in [0.25, 0.3) is 5.91 Å². The van der Waals surface area contributed by atoms with E-state index in [4.69, 9.17) is 0 Å². The molecule has 0 unspecified atom stereocenters. The van der Waals surface area contributed by atoms with E-state index >= 15 is 0 Å². The lowest BCUT2D eigenvalue weighted by Gasteiger charge is -2.34. The van der Waals surface area contributed by atoms with Crippen molar-refractivity contribution in [3.8, 4) is 10.4 Å². The fraction of sp³-hybridized carbons (Fsp3) is 0.208. The summed E-state index contributed by atoms with van der Waals surface area (Å²) in [4.78, 5) is 28.2. The third-order valence-electron chi connectivity index (χ3n) is 5.48. The van der Waals surface area contributed by atoms with Gasteiger partial charge in [-0.25, -0.2) is 9.37 Å². The number of halogens is 1. The van der Waals surface area contributed by atoms with Crippen LogP contribution in [0.15, 0.2) is 66.9 Å². The van der Waals surface area contributed by atoms with E-state index in [1.165, 1.54) is 10.9 Å². The van der Waals surface area contributed by atoms with E-state index in [0.717, 1.165) is 41.1 Å². The number of amides is 1. The molecule has 5 rings (SSSR count). The monoisotopic (exact) mass is 432 g/mol. The quantitative estimate of drug-likeness (QED) is 0.478. The molecule has 1 fully saturated rings. The Hall–Kier alpha value is -3.16. The summed E-state index contributed by atoms with van der Waals surface area (Å²) in [5, 5.41) is 0. The number of nitrogens with zero attached hydrogens (tertiary/aromatic N) is 4. The number of carbonyl (C=O) groups is 1. The van der Waals surface area contributed by atoms with Crippen LogP contribution in [0.3, 0.4) is 0 Å². The molecule has 1 aliphatic rings. The SMILES string of the molecule is O=C(c1cnc2ccccc2n1)N1CCN(Cc2ccc(-c3cccc(F)c3)s2)CC1. The molecule has 0 atom stereocenters. The lowest BCUT2D eigenvalue weighted by molar-refractivity contribution is 0.0624. The molecule has 0 N–H and O–H groups in total. The van der Waals surface area contributed by atoms with Crippen molar-refractivity contribution in [2.24, 2.45) is 0 Å². The lowest BCUT2D eigenvalue weighted by atomic mass is 10.2. The zero-order valence-electron chi connectivity index (χ0n) is 16.9. The number of aromatic nitrogens is 2. The Morgan fingerprint density at radius 2 is 1.77 bits per heavy atom. The molecule has 2 aromatic carbocycles. The molecule has 0 bridgehead atoms. The van der Waals surface area contributed by atoms with Gasteiger partial charge in [0.1, 0.15) is 11.5 Å². The van der Waals surface area contributed by atoms with E-state index in [2.05, 4.69) is 20.9 Å². The van der Waals surface area contributed by atoms with Crippen LogP contribution in [0.25, 0.3) is 21.5 Å². The van der Waals surface area contributed by atoms with Gasteiger partial charge in [-0.3, -0.25) is 14.7 Å². The molecule has 0 spiro atoms. The highest BCUT2D eigenvalue weighted by atomic mass is 32.1. The average molecular weight is 433 g/mol. The van der Waals surface area contributed by atoms with E-state index in [9.17, 15) is 9.18 Å². The zero-order chi connectivity index (χ0) is 21.2. The van der Waals surface area contributed by atoms with Crippen molar-refractivity contribution in [2.45, 2.75) is 6.54 Å². The molecule has 0 aliphatic carbocycles. The van der Waals surface area contributed by atoms with E-state index in [1.54, 1.807) is 29.7 Å². The minimum atomic E-state index is -0.218. The van der Waals surface area contributed by atoms with Crippen molar-refractivity contribution in [3.63, 3.8) is 0 Å². The Bertz CT molecular complexity index is 1230. The molecular formula is C24H21FN4OS. The molecule has 156 valence electrons. The third-order valence-corrected chi connectivity index (χ3v) is 6.60. The Balaban J connectivity index is 1.20. The highest BCUT2D eigenvalue weighted by molar-refractivity contribution is 7.15. The Labute approximate surface area is 183 Å². The molecule has 0 radical (unpaired) electrons. The van der Waals surface area contributed by atoms with Gasteiger partial charge in [0.2, 0.25) is 0 Å². The van der Waals surface area contributed by atoms with E-state index in [-0.39, 0.29) is 11.7 Å². The summed E-state index contributed by atoms with van der Waals surface area (Å²) in [5.74, 6) is -0.285. The Morgan fingerprint density at radius 3 is 2.58 bits per heavy atom. The van der Waals surface area contributed by atoms with Crippen molar-refractivity contribution in [1.82, 2.24) is 19.8 Å². The second-order valence-electron chi connectivity index (χ2n) is 7.59. The van der Waals surface area contributed by atoms with Crippen LogP contribution in [0.5, 0.6) is 0 Å². The molecule has 2 aromatic heterocycles. The highest BCUT2D eigenvalue weighted by Gasteiger charge is 2.23. The summed E-state index contributed by atoms with van der Waals surface area (Å²) in [6.07, 6.45) is 1.57. The summed E-state index contributed by atoms with van der Waals surface area (Å²) in [6.45, 7) is 3.77. The van der Waals surface area contributed by atoms with Crippen LogP contribution in [-0.2, 0) is 6.54 Å². The Morgan fingerprint density at radius 1 is 0.968 bits per heavy atom. The predicted molar refractivity (Wildman–Crippen MR) is 120 cm³/mol. The second-order valence-corrected chi connectivity index (χ2v) is 8.76. The van der Waals surface area contributed by atoms with Gasteiger partial charge in [-0.1, -0.05) is 24.3 Å². The minimum Gasteiger partial charge on any atom is -0.335 e. The zero-order valence-corrected chi connectivity index (χ0v) is 17.7. The standard InChI is InChI=1S/C24H21FN4OS/c25-18-5-3-4-17(14-18)23-9-8-19(31-23)16-28-10-12-29(13-11-28)24(30)22-15-26-20-6-1-2-7-21(20)27-22/h1-9,14-15H,10-13,16H2. The first-order valence-electron chi connectivity index (χ1n) is 10.2. The van der Waals surface area contributed by atoms with Crippen LogP contribution < -0.4 is 0 Å². The highest BCUT2D eigenvalue weighted by Crippen LogP contribution is 2.29. The van der Waals surface area contributed by atoms with Crippen LogP contribution in [0.2, 0.25) is 0 Å². The first kappa shape index (κ1) is 19.8. The average Bonchev–Trinajstić information content (AvgIpc) is 3.27. The maximum atomic E-state index is 13.5. The molecule has 4 aromatic rings. The fourth-order valence-electron chi connectivity index (χ4n) is 3.81. The molecule has 7 heteroatoms. The lowest BCUT2D eigenvalue weighted by Crippen LogP contribution is -2.48. The van der Waals surface area contributed by atoms with Gasteiger partial charge in [-0.15, -0.1) is 11.3 Å². The van der Waals surface area contributed by atoms with Crippen molar-refractivity contribution in [3.05, 3.63) is 83.2 Å². The normalized spacial score (nSPS) is 14.8. The number of rotatable bonds is 4. The van der Waals surface area contributed by atoms with Gasteiger partial charge in [0.05, 0.1) is 17.2 Å². The largest absolute Gasteiger partial charge is 0.335 e. The maximum Gasteiger partial charge on any atom is 0.274 e. The van der Waals surface area contributed by atoms with Crippen molar-refractivity contribution >= 4 is 28.3 Å². The van der Waals surface area contributed by atoms with E-state index in [0.29, 0.717) is 18.8 Å². The Kier molecular flexibility index (Phi) is 5.44. The first-order chi connectivity index (χ1) is 15.2. The maximum absolute atomic E-state index is 13.5. The van der Waals surface area contributed by atoms with E-state index in [1.807, 2.05) is 41.3 Å². The van der Waals surface area contributed by atoms with Crippen LogP contribution in [0.4, 0.5) is 4.39 Å². The third kappa shape index (κ3) is 4.33. The smallest absolute Gasteiger partial charge is 0.274 e. The van der Waals surface area contributed by atoms with Gasteiger partial charge < -0.3 is 4.90 Å². The van der Waals surface area contributed by atoms with Gasteiger partial charge in [-0.05, 0) is 42.0 Å².